The Hall–Kier alpha value is -2.62. The number of carbonyl (C=O) groups is 2. The maximum absolute atomic E-state index is 12.1. The van der Waals surface area contributed by atoms with E-state index in [1.54, 1.807) is 24.3 Å². The van der Waals surface area contributed by atoms with Crippen LogP contribution in [0.4, 0.5) is 5.69 Å². The van der Waals surface area contributed by atoms with Gasteiger partial charge in [-0.05, 0) is 51.0 Å². The molecule has 2 aromatic rings. The summed E-state index contributed by atoms with van der Waals surface area (Å²) in [6, 6.07) is 10.9. The molecule has 4 heteroatoms. The molecule has 2 aromatic carbocycles. The van der Waals surface area contributed by atoms with E-state index >= 15 is 0 Å². The standard InChI is InChI=1S/C19H21NO3/c1-12-8-13(2)19(14(3)9-12)20-18(22)11-23-17-7-5-6-16(10-17)15(4)21/h5-10H,11H2,1-4H3,(H,20,22). The van der Waals surface area contributed by atoms with Crippen LogP contribution in [0, 0.1) is 20.8 Å². The first kappa shape index (κ1) is 16.7. The van der Waals surface area contributed by atoms with Crippen LogP contribution in [-0.4, -0.2) is 18.3 Å². The second kappa shape index (κ2) is 7.09. The number of amides is 1. The van der Waals surface area contributed by atoms with Crippen LogP contribution in [0.15, 0.2) is 36.4 Å². The SMILES string of the molecule is CC(=O)c1cccc(OCC(=O)Nc2c(C)cc(C)cc2C)c1. The van der Waals surface area contributed by atoms with Crippen molar-refractivity contribution in [2.24, 2.45) is 0 Å². The van der Waals surface area contributed by atoms with E-state index in [0.717, 1.165) is 22.4 Å². The molecule has 0 saturated carbocycles. The highest BCUT2D eigenvalue weighted by Crippen LogP contribution is 2.22. The van der Waals surface area contributed by atoms with Crippen molar-refractivity contribution in [3.63, 3.8) is 0 Å². The van der Waals surface area contributed by atoms with E-state index in [1.165, 1.54) is 6.92 Å². The monoisotopic (exact) mass is 311 g/mol. The van der Waals surface area contributed by atoms with Gasteiger partial charge >= 0.3 is 0 Å². The summed E-state index contributed by atoms with van der Waals surface area (Å²) in [6.07, 6.45) is 0. The first-order chi connectivity index (χ1) is 10.9. The highest BCUT2D eigenvalue weighted by molar-refractivity contribution is 5.95. The minimum atomic E-state index is -0.228. The predicted octanol–water partition coefficient (Wildman–Crippen LogP) is 3.83. The third-order valence-corrected chi connectivity index (χ3v) is 3.55. The van der Waals surface area contributed by atoms with Crippen molar-refractivity contribution in [2.75, 3.05) is 11.9 Å². The largest absolute Gasteiger partial charge is 0.484 e. The number of ketones is 1. The number of rotatable bonds is 5. The molecule has 23 heavy (non-hydrogen) atoms. The molecule has 0 bridgehead atoms. The second-order valence-corrected chi connectivity index (χ2v) is 5.69. The van der Waals surface area contributed by atoms with Crippen LogP contribution < -0.4 is 10.1 Å². The van der Waals surface area contributed by atoms with Crippen LogP contribution in [0.1, 0.15) is 34.0 Å². The number of aryl methyl sites for hydroxylation is 3. The third-order valence-electron chi connectivity index (χ3n) is 3.55. The number of hydrogen-bond acceptors (Lipinski definition) is 3. The number of Topliss-reactive ketones (excluding diaryl/α,β-unsaturated/α-hetero) is 1. The van der Waals surface area contributed by atoms with Gasteiger partial charge in [-0.2, -0.15) is 0 Å². The molecule has 0 fully saturated rings. The van der Waals surface area contributed by atoms with Crippen LogP contribution in [0.5, 0.6) is 5.75 Å². The van der Waals surface area contributed by atoms with E-state index in [0.29, 0.717) is 11.3 Å². The summed E-state index contributed by atoms with van der Waals surface area (Å²) >= 11 is 0. The van der Waals surface area contributed by atoms with Gasteiger partial charge in [0.25, 0.3) is 5.91 Å². The van der Waals surface area contributed by atoms with Crippen molar-refractivity contribution in [3.05, 3.63) is 58.7 Å². The highest BCUT2D eigenvalue weighted by Gasteiger charge is 2.09. The maximum atomic E-state index is 12.1. The Morgan fingerprint density at radius 1 is 1.04 bits per heavy atom. The average molecular weight is 311 g/mol. The molecule has 120 valence electrons. The second-order valence-electron chi connectivity index (χ2n) is 5.69. The van der Waals surface area contributed by atoms with Gasteiger partial charge in [-0.15, -0.1) is 0 Å². The van der Waals surface area contributed by atoms with Crippen LogP contribution in [0.2, 0.25) is 0 Å². The molecule has 0 aliphatic rings. The molecule has 0 radical (unpaired) electrons. The number of carbonyl (C=O) groups excluding carboxylic acids is 2. The normalized spacial score (nSPS) is 10.3. The lowest BCUT2D eigenvalue weighted by Crippen LogP contribution is -2.21. The van der Waals surface area contributed by atoms with Gasteiger partial charge in [0.2, 0.25) is 0 Å². The number of ether oxygens (including phenoxy) is 1. The zero-order valence-corrected chi connectivity index (χ0v) is 13.9. The first-order valence-corrected chi connectivity index (χ1v) is 7.48. The fraction of sp³-hybridized carbons (Fsp3) is 0.263. The lowest BCUT2D eigenvalue weighted by atomic mass is 10.1. The number of anilines is 1. The Morgan fingerprint density at radius 3 is 2.30 bits per heavy atom. The zero-order chi connectivity index (χ0) is 17.0. The zero-order valence-electron chi connectivity index (χ0n) is 13.9. The van der Waals surface area contributed by atoms with Crippen LogP contribution in [-0.2, 0) is 4.79 Å². The smallest absolute Gasteiger partial charge is 0.262 e. The quantitative estimate of drug-likeness (QED) is 0.854. The molecular formula is C19H21NO3. The van der Waals surface area contributed by atoms with Gasteiger partial charge in [-0.25, -0.2) is 0 Å². The predicted molar refractivity (Wildman–Crippen MR) is 91.2 cm³/mol. The summed E-state index contributed by atoms with van der Waals surface area (Å²) in [5.41, 5.74) is 4.59. The number of benzene rings is 2. The highest BCUT2D eigenvalue weighted by atomic mass is 16.5. The Bertz CT molecular complexity index is 727. The Balaban J connectivity index is 2.01. The van der Waals surface area contributed by atoms with E-state index in [9.17, 15) is 9.59 Å². The summed E-state index contributed by atoms with van der Waals surface area (Å²) in [5.74, 6) is 0.240. The molecule has 0 aliphatic heterocycles. The summed E-state index contributed by atoms with van der Waals surface area (Å²) in [6.45, 7) is 7.35. The van der Waals surface area contributed by atoms with Gasteiger partial charge in [-0.1, -0.05) is 29.8 Å². The van der Waals surface area contributed by atoms with Gasteiger partial charge < -0.3 is 10.1 Å². The molecule has 1 amide bonds. The molecule has 2 rings (SSSR count). The van der Waals surface area contributed by atoms with E-state index < -0.39 is 0 Å². The molecule has 0 aromatic heterocycles. The Labute approximate surface area is 136 Å². The van der Waals surface area contributed by atoms with Crippen LogP contribution in [0.3, 0.4) is 0 Å². The van der Waals surface area contributed by atoms with Gasteiger partial charge in [0.15, 0.2) is 12.4 Å². The third kappa shape index (κ3) is 4.42. The average Bonchev–Trinajstić information content (AvgIpc) is 2.49. The number of hydrogen-bond donors (Lipinski definition) is 1. The fourth-order valence-corrected chi connectivity index (χ4v) is 2.51. The molecule has 0 saturated heterocycles. The lowest BCUT2D eigenvalue weighted by molar-refractivity contribution is -0.118. The summed E-state index contributed by atoms with van der Waals surface area (Å²) in [7, 11) is 0. The van der Waals surface area contributed by atoms with Gasteiger partial charge in [0.05, 0.1) is 0 Å². The molecule has 4 nitrogen and oxygen atoms in total. The van der Waals surface area contributed by atoms with Crippen molar-refractivity contribution in [3.8, 4) is 5.75 Å². The Kier molecular flexibility index (Phi) is 5.16. The molecule has 0 heterocycles. The molecular weight excluding hydrogens is 290 g/mol. The topological polar surface area (TPSA) is 55.4 Å². The van der Waals surface area contributed by atoms with Crippen molar-refractivity contribution in [1.29, 1.82) is 0 Å². The van der Waals surface area contributed by atoms with Gasteiger partial charge in [-0.3, -0.25) is 9.59 Å². The van der Waals surface area contributed by atoms with Crippen LogP contribution in [0.25, 0.3) is 0 Å². The molecule has 0 spiro atoms. The van der Waals surface area contributed by atoms with E-state index in [4.69, 9.17) is 4.74 Å². The molecule has 0 atom stereocenters. The summed E-state index contributed by atoms with van der Waals surface area (Å²) in [5, 5.41) is 2.88. The lowest BCUT2D eigenvalue weighted by Gasteiger charge is -2.13. The van der Waals surface area contributed by atoms with Gasteiger partial charge in [0, 0.05) is 11.3 Å². The van der Waals surface area contributed by atoms with Crippen molar-refractivity contribution in [2.45, 2.75) is 27.7 Å². The van der Waals surface area contributed by atoms with E-state index in [2.05, 4.69) is 5.32 Å². The van der Waals surface area contributed by atoms with E-state index in [1.807, 2.05) is 32.9 Å². The van der Waals surface area contributed by atoms with Gasteiger partial charge in [0.1, 0.15) is 5.75 Å². The summed E-state index contributed by atoms with van der Waals surface area (Å²) < 4.78 is 5.47. The fourth-order valence-electron chi connectivity index (χ4n) is 2.51. The minimum Gasteiger partial charge on any atom is -0.484 e. The van der Waals surface area contributed by atoms with Crippen molar-refractivity contribution >= 4 is 17.4 Å². The number of nitrogens with one attached hydrogen (secondary N) is 1. The maximum Gasteiger partial charge on any atom is 0.262 e. The van der Waals surface area contributed by atoms with E-state index in [-0.39, 0.29) is 18.3 Å². The summed E-state index contributed by atoms with van der Waals surface area (Å²) in [4.78, 5) is 23.4. The van der Waals surface area contributed by atoms with Crippen molar-refractivity contribution in [1.82, 2.24) is 0 Å². The van der Waals surface area contributed by atoms with Crippen molar-refractivity contribution < 1.29 is 14.3 Å². The molecule has 0 unspecified atom stereocenters. The molecule has 0 aliphatic carbocycles. The Morgan fingerprint density at radius 2 is 1.70 bits per heavy atom. The molecule has 1 N–H and O–H groups in total. The first-order valence-electron chi connectivity index (χ1n) is 7.48. The van der Waals surface area contributed by atoms with Crippen LogP contribution >= 0.6 is 0 Å². The minimum absolute atomic E-state index is 0.0363.